The zero-order chi connectivity index (χ0) is 14.4. The first-order valence-electron chi connectivity index (χ1n) is 7.77. The number of nitrogens with one attached hydrogen (secondary N) is 1. The van der Waals surface area contributed by atoms with E-state index in [2.05, 4.69) is 22.1 Å². The van der Waals surface area contributed by atoms with E-state index in [0.717, 1.165) is 32.4 Å². The molecule has 0 spiro atoms. The van der Waals surface area contributed by atoms with Crippen LogP contribution in [-0.2, 0) is 0 Å². The van der Waals surface area contributed by atoms with Crippen LogP contribution in [0.25, 0.3) is 0 Å². The molecule has 0 saturated carbocycles. The number of hydrogen-bond acceptors (Lipinski definition) is 3. The minimum Gasteiger partial charge on any atom is -0.370 e. The van der Waals surface area contributed by atoms with Crippen molar-refractivity contribution in [3.8, 4) is 0 Å². The van der Waals surface area contributed by atoms with Gasteiger partial charge in [0.2, 0.25) is 0 Å². The summed E-state index contributed by atoms with van der Waals surface area (Å²) >= 11 is 0. The summed E-state index contributed by atoms with van der Waals surface area (Å²) in [5.74, 6) is 0.835. The molecule has 1 unspecified atom stereocenters. The molecule has 1 N–H and O–H groups in total. The van der Waals surface area contributed by atoms with Crippen molar-refractivity contribution in [2.75, 3.05) is 18.4 Å². The topological polar surface area (TPSA) is 45.2 Å². The van der Waals surface area contributed by atoms with E-state index in [1.54, 1.807) is 6.20 Å². The van der Waals surface area contributed by atoms with Crippen molar-refractivity contribution in [2.45, 2.75) is 52.0 Å². The first-order chi connectivity index (χ1) is 9.77. The fraction of sp³-hybridized carbons (Fsp3) is 0.625. The number of nitrogens with zero attached hydrogens (tertiary/aromatic N) is 2. The molecule has 0 aromatic carbocycles. The summed E-state index contributed by atoms with van der Waals surface area (Å²) in [5.41, 5.74) is 0.703. The molecule has 1 amide bonds. The molecule has 0 aliphatic carbocycles. The first-order valence-corrected chi connectivity index (χ1v) is 7.77. The molecule has 4 nitrogen and oxygen atoms in total. The minimum atomic E-state index is 0.128. The van der Waals surface area contributed by atoms with Crippen molar-refractivity contribution in [2.24, 2.45) is 0 Å². The predicted octanol–water partition coefficient (Wildman–Crippen LogP) is 3.31. The Labute approximate surface area is 121 Å². The maximum Gasteiger partial charge on any atom is 0.257 e. The van der Waals surface area contributed by atoms with Gasteiger partial charge in [-0.1, -0.05) is 19.8 Å². The quantitative estimate of drug-likeness (QED) is 0.917. The van der Waals surface area contributed by atoms with Crippen LogP contribution in [0.5, 0.6) is 0 Å². The molecular weight excluding hydrogens is 250 g/mol. The maximum atomic E-state index is 12.9. The van der Waals surface area contributed by atoms with Gasteiger partial charge in [0.25, 0.3) is 5.91 Å². The molecule has 1 atom stereocenters. The smallest absolute Gasteiger partial charge is 0.257 e. The van der Waals surface area contributed by atoms with Crippen LogP contribution >= 0.6 is 0 Å². The highest BCUT2D eigenvalue weighted by Crippen LogP contribution is 2.23. The second-order valence-electron chi connectivity index (χ2n) is 5.34. The first kappa shape index (κ1) is 14.8. The Morgan fingerprint density at radius 3 is 3.00 bits per heavy atom. The number of hydrogen-bond donors (Lipinski definition) is 1. The summed E-state index contributed by atoms with van der Waals surface area (Å²) in [5, 5.41) is 3.19. The third-order valence-electron chi connectivity index (χ3n) is 3.99. The van der Waals surface area contributed by atoms with Gasteiger partial charge in [0, 0.05) is 25.3 Å². The van der Waals surface area contributed by atoms with Crippen LogP contribution in [0.4, 0.5) is 5.82 Å². The second kappa shape index (κ2) is 7.27. The number of pyridine rings is 1. The molecule has 2 heterocycles. The van der Waals surface area contributed by atoms with Crippen LogP contribution < -0.4 is 5.32 Å². The lowest BCUT2D eigenvalue weighted by atomic mass is 10.1. The number of amides is 1. The Hall–Kier alpha value is -1.58. The monoisotopic (exact) mass is 275 g/mol. The fourth-order valence-electron chi connectivity index (χ4n) is 2.91. The van der Waals surface area contributed by atoms with Gasteiger partial charge in [0.1, 0.15) is 5.82 Å². The molecule has 110 valence electrons. The third-order valence-corrected chi connectivity index (χ3v) is 3.99. The zero-order valence-corrected chi connectivity index (χ0v) is 12.6. The zero-order valence-electron chi connectivity index (χ0n) is 12.6. The van der Waals surface area contributed by atoms with Crippen molar-refractivity contribution in [3.63, 3.8) is 0 Å². The van der Waals surface area contributed by atoms with Gasteiger partial charge in [-0.3, -0.25) is 4.79 Å². The molecule has 1 saturated heterocycles. The fourth-order valence-corrected chi connectivity index (χ4v) is 2.91. The van der Waals surface area contributed by atoms with Gasteiger partial charge in [-0.2, -0.15) is 0 Å². The van der Waals surface area contributed by atoms with E-state index >= 15 is 0 Å². The van der Waals surface area contributed by atoms with Crippen molar-refractivity contribution < 1.29 is 4.79 Å². The number of likely N-dealkylation sites (tertiary alicyclic amines) is 1. The van der Waals surface area contributed by atoms with Gasteiger partial charge in [0.15, 0.2) is 0 Å². The molecule has 20 heavy (non-hydrogen) atoms. The summed E-state index contributed by atoms with van der Waals surface area (Å²) in [6.45, 7) is 5.83. The van der Waals surface area contributed by atoms with E-state index in [4.69, 9.17) is 0 Å². The number of anilines is 1. The lowest BCUT2D eigenvalue weighted by molar-refractivity contribution is 0.0679. The maximum absolute atomic E-state index is 12.9. The average Bonchev–Trinajstić information content (AvgIpc) is 2.72. The molecule has 1 aromatic rings. The average molecular weight is 275 g/mol. The SMILES string of the molecule is CCNc1ncccc1C(=O)N1CCCCCC1CC. The Morgan fingerprint density at radius 1 is 1.40 bits per heavy atom. The lowest BCUT2D eigenvalue weighted by Gasteiger charge is -2.29. The van der Waals surface area contributed by atoms with Crippen LogP contribution in [0.1, 0.15) is 56.3 Å². The van der Waals surface area contributed by atoms with Crippen LogP contribution in [-0.4, -0.2) is 34.9 Å². The van der Waals surface area contributed by atoms with E-state index in [-0.39, 0.29) is 5.91 Å². The van der Waals surface area contributed by atoms with Crippen LogP contribution in [0.15, 0.2) is 18.3 Å². The standard InChI is InChI=1S/C16H25N3O/c1-3-13-9-6-5-7-12-19(13)16(20)14-10-8-11-18-15(14)17-4-2/h8,10-11,13H,3-7,9,12H2,1-2H3,(H,17,18). The molecule has 1 aromatic heterocycles. The predicted molar refractivity (Wildman–Crippen MR) is 82.0 cm³/mol. The molecule has 2 rings (SSSR count). The van der Waals surface area contributed by atoms with Crippen molar-refractivity contribution in [1.29, 1.82) is 0 Å². The molecule has 0 radical (unpaired) electrons. The van der Waals surface area contributed by atoms with E-state index in [0.29, 0.717) is 17.4 Å². The molecular formula is C16H25N3O. The minimum absolute atomic E-state index is 0.128. The Bertz CT molecular complexity index is 447. The summed E-state index contributed by atoms with van der Waals surface area (Å²) in [6.07, 6.45) is 7.46. The summed E-state index contributed by atoms with van der Waals surface area (Å²) in [4.78, 5) is 19.2. The summed E-state index contributed by atoms with van der Waals surface area (Å²) < 4.78 is 0. The second-order valence-corrected chi connectivity index (χ2v) is 5.34. The Balaban J connectivity index is 2.24. The number of carbonyl (C=O) groups excluding carboxylic acids is 1. The van der Waals surface area contributed by atoms with Gasteiger partial charge in [-0.05, 0) is 38.3 Å². The van der Waals surface area contributed by atoms with Gasteiger partial charge in [-0.25, -0.2) is 4.98 Å². The largest absolute Gasteiger partial charge is 0.370 e. The third kappa shape index (κ3) is 3.30. The molecule has 1 aliphatic heterocycles. The Kier molecular flexibility index (Phi) is 5.39. The van der Waals surface area contributed by atoms with Crippen molar-refractivity contribution in [3.05, 3.63) is 23.9 Å². The van der Waals surface area contributed by atoms with E-state index in [9.17, 15) is 4.79 Å². The van der Waals surface area contributed by atoms with Crippen LogP contribution in [0.3, 0.4) is 0 Å². The summed E-state index contributed by atoms with van der Waals surface area (Å²) in [6, 6.07) is 4.09. The molecule has 1 aliphatic rings. The molecule has 4 heteroatoms. The van der Waals surface area contributed by atoms with Gasteiger partial charge < -0.3 is 10.2 Å². The van der Waals surface area contributed by atoms with Gasteiger partial charge >= 0.3 is 0 Å². The summed E-state index contributed by atoms with van der Waals surface area (Å²) in [7, 11) is 0. The van der Waals surface area contributed by atoms with Crippen molar-refractivity contribution in [1.82, 2.24) is 9.88 Å². The van der Waals surface area contributed by atoms with Gasteiger partial charge in [0.05, 0.1) is 5.56 Å². The van der Waals surface area contributed by atoms with E-state index in [1.807, 2.05) is 19.1 Å². The van der Waals surface area contributed by atoms with Crippen LogP contribution in [0.2, 0.25) is 0 Å². The Morgan fingerprint density at radius 2 is 2.25 bits per heavy atom. The normalized spacial score (nSPS) is 19.5. The van der Waals surface area contributed by atoms with Crippen LogP contribution in [0, 0.1) is 0 Å². The number of aromatic nitrogens is 1. The van der Waals surface area contributed by atoms with E-state index < -0.39 is 0 Å². The number of rotatable bonds is 4. The van der Waals surface area contributed by atoms with Crippen molar-refractivity contribution >= 4 is 11.7 Å². The molecule has 1 fully saturated rings. The molecule has 0 bridgehead atoms. The highest BCUT2D eigenvalue weighted by molar-refractivity contribution is 5.98. The highest BCUT2D eigenvalue weighted by Gasteiger charge is 2.26. The van der Waals surface area contributed by atoms with Gasteiger partial charge in [-0.15, -0.1) is 0 Å². The number of carbonyl (C=O) groups is 1. The van der Waals surface area contributed by atoms with E-state index in [1.165, 1.54) is 12.8 Å². The highest BCUT2D eigenvalue weighted by atomic mass is 16.2. The lowest BCUT2D eigenvalue weighted by Crippen LogP contribution is -2.40.